The molecule has 1 N–H and O–H groups in total. The molecule has 1 aliphatic rings. The molecular formula is C12H13ClN2O. The molecule has 0 aliphatic carbocycles. The SMILES string of the molecule is N#CC(Nc1cccc(Cl)c1)C1CCOC1. The molecule has 16 heavy (non-hydrogen) atoms. The molecule has 0 bridgehead atoms. The average Bonchev–Trinajstić information content (AvgIpc) is 2.79. The molecule has 1 heterocycles. The minimum absolute atomic E-state index is 0.207. The van der Waals surface area contributed by atoms with Gasteiger partial charge in [-0.2, -0.15) is 5.26 Å². The first-order chi connectivity index (χ1) is 7.79. The Morgan fingerprint density at radius 1 is 1.56 bits per heavy atom. The van der Waals surface area contributed by atoms with Gasteiger partial charge < -0.3 is 10.1 Å². The predicted molar refractivity (Wildman–Crippen MR) is 63.4 cm³/mol. The van der Waals surface area contributed by atoms with E-state index in [0.717, 1.165) is 18.7 Å². The highest BCUT2D eigenvalue weighted by Gasteiger charge is 2.25. The van der Waals surface area contributed by atoms with E-state index < -0.39 is 0 Å². The van der Waals surface area contributed by atoms with Crippen LogP contribution in [-0.2, 0) is 4.74 Å². The zero-order valence-electron chi connectivity index (χ0n) is 8.82. The summed E-state index contributed by atoms with van der Waals surface area (Å²) in [5.41, 5.74) is 0.881. The molecule has 1 aromatic carbocycles. The highest BCUT2D eigenvalue weighted by molar-refractivity contribution is 6.30. The van der Waals surface area contributed by atoms with Crippen molar-refractivity contribution in [3.63, 3.8) is 0 Å². The predicted octanol–water partition coefficient (Wildman–Crippen LogP) is 2.68. The van der Waals surface area contributed by atoms with Crippen molar-refractivity contribution in [2.75, 3.05) is 18.5 Å². The molecule has 2 unspecified atom stereocenters. The van der Waals surface area contributed by atoms with Crippen LogP contribution in [0.2, 0.25) is 5.02 Å². The molecule has 1 fully saturated rings. The third-order valence-electron chi connectivity index (χ3n) is 2.72. The lowest BCUT2D eigenvalue weighted by atomic mass is 10.00. The number of benzene rings is 1. The number of rotatable bonds is 3. The largest absolute Gasteiger partial charge is 0.381 e. The van der Waals surface area contributed by atoms with Crippen LogP contribution in [0.3, 0.4) is 0 Å². The minimum atomic E-state index is -0.207. The van der Waals surface area contributed by atoms with Crippen LogP contribution in [-0.4, -0.2) is 19.3 Å². The molecule has 1 saturated heterocycles. The Morgan fingerprint density at radius 2 is 2.44 bits per heavy atom. The number of anilines is 1. The summed E-state index contributed by atoms with van der Waals surface area (Å²) in [5.74, 6) is 0.268. The molecule has 3 nitrogen and oxygen atoms in total. The standard InChI is InChI=1S/C12H13ClN2O/c13-10-2-1-3-11(6-10)15-12(7-14)9-4-5-16-8-9/h1-3,6,9,12,15H,4-5,8H2. The van der Waals surface area contributed by atoms with Crippen LogP contribution in [0.4, 0.5) is 5.69 Å². The zero-order chi connectivity index (χ0) is 11.4. The number of nitrogens with one attached hydrogen (secondary N) is 1. The van der Waals surface area contributed by atoms with E-state index in [1.54, 1.807) is 0 Å². The third kappa shape index (κ3) is 2.66. The van der Waals surface area contributed by atoms with Gasteiger partial charge >= 0.3 is 0 Å². The van der Waals surface area contributed by atoms with Gasteiger partial charge in [0.1, 0.15) is 6.04 Å². The van der Waals surface area contributed by atoms with E-state index in [2.05, 4.69) is 11.4 Å². The molecular weight excluding hydrogens is 224 g/mol. The first-order valence-electron chi connectivity index (χ1n) is 5.29. The Labute approximate surface area is 100.0 Å². The Hall–Kier alpha value is -1.24. The lowest BCUT2D eigenvalue weighted by Crippen LogP contribution is -2.27. The van der Waals surface area contributed by atoms with Crippen LogP contribution >= 0.6 is 11.6 Å². The first-order valence-corrected chi connectivity index (χ1v) is 5.67. The fraction of sp³-hybridized carbons (Fsp3) is 0.417. The van der Waals surface area contributed by atoms with Gasteiger partial charge in [0.2, 0.25) is 0 Å². The van der Waals surface area contributed by atoms with Crippen LogP contribution in [0.1, 0.15) is 6.42 Å². The highest BCUT2D eigenvalue weighted by Crippen LogP contribution is 2.21. The molecule has 0 aromatic heterocycles. The quantitative estimate of drug-likeness (QED) is 0.878. The van der Waals surface area contributed by atoms with Crippen molar-refractivity contribution in [3.8, 4) is 6.07 Å². The molecule has 0 spiro atoms. The second kappa shape index (κ2) is 5.20. The number of halogens is 1. The van der Waals surface area contributed by atoms with Crippen LogP contribution < -0.4 is 5.32 Å². The second-order valence-corrected chi connectivity index (χ2v) is 4.32. The van der Waals surface area contributed by atoms with Crippen molar-refractivity contribution in [1.29, 1.82) is 5.26 Å². The number of hydrogen-bond acceptors (Lipinski definition) is 3. The van der Waals surface area contributed by atoms with E-state index in [0.29, 0.717) is 11.6 Å². The number of nitrogens with zero attached hydrogens (tertiary/aromatic N) is 1. The van der Waals surface area contributed by atoms with Gasteiger partial charge in [-0.25, -0.2) is 0 Å². The molecule has 1 aromatic rings. The summed E-state index contributed by atoms with van der Waals surface area (Å²) in [7, 11) is 0. The van der Waals surface area contributed by atoms with Gasteiger partial charge in [0.15, 0.2) is 0 Å². The smallest absolute Gasteiger partial charge is 0.119 e. The normalized spacial score (nSPS) is 21.4. The van der Waals surface area contributed by atoms with E-state index in [9.17, 15) is 0 Å². The number of ether oxygens (including phenoxy) is 1. The van der Waals surface area contributed by atoms with Crippen molar-refractivity contribution in [2.24, 2.45) is 5.92 Å². The Morgan fingerprint density at radius 3 is 3.06 bits per heavy atom. The van der Waals surface area contributed by atoms with E-state index in [1.807, 2.05) is 24.3 Å². The molecule has 84 valence electrons. The topological polar surface area (TPSA) is 45.0 Å². The number of nitriles is 1. The minimum Gasteiger partial charge on any atom is -0.381 e. The summed E-state index contributed by atoms with van der Waals surface area (Å²) in [4.78, 5) is 0. The molecule has 0 radical (unpaired) electrons. The van der Waals surface area contributed by atoms with Gasteiger partial charge in [0.25, 0.3) is 0 Å². The van der Waals surface area contributed by atoms with Crippen LogP contribution in [0.15, 0.2) is 24.3 Å². The monoisotopic (exact) mass is 236 g/mol. The summed E-state index contributed by atoms with van der Waals surface area (Å²) >= 11 is 5.88. The molecule has 2 atom stereocenters. The van der Waals surface area contributed by atoms with E-state index >= 15 is 0 Å². The van der Waals surface area contributed by atoms with Gasteiger partial charge in [-0.3, -0.25) is 0 Å². The van der Waals surface area contributed by atoms with E-state index in [4.69, 9.17) is 21.6 Å². The summed E-state index contributed by atoms with van der Waals surface area (Å²) in [6, 6.07) is 9.48. The van der Waals surface area contributed by atoms with Crippen LogP contribution in [0.25, 0.3) is 0 Å². The Balaban J connectivity index is 2.04. The van der Waals surface area contributed by atoms with Crippen molar-refractivity contribution in [2.45, 2.75) is 12.5 Å². The third-order valence-corrected chi connectivity index (χ3v) is 2.96. The van der Waals surface area contributed by atoms with Gasteiger partial charge in [0, 0.05) is 23.2 Å². The fourth-order valence-corrected chi connectivity index (χ4v) is 2.02. The van der Waals surface area contributed by atoms with Crippen molar-refractivity contribution < 1.29 is 4.74 Å². The highest BCUT2D eigenvalue weighted by atomic mass is 35.5. The van der Waals surface area contributed by atoms with Crippen LogP contribution in [0, 0.1) is 17.2 Å². The second-order valence-electron chi connectivity index (χ2n) is 3.89. The van der Waals surface area contributed by atoms with Gasteiger partial charge in [-0.15, -0.1) is 0 Å². The van der Waals surface area contributed by atoms with Crippen molar-refractivity contribution in [3.05, 3.63) is 29.3 Å². The van der Waals surface area contributed by atoms with Gasteiger partial charge in [0.05, 0.1) is 12.7 Å². The van der Waals surface area contributed by atoms with Gasteiger partial charge in [-0.05, 0) is 24.6 Å². The summed E-state index contributed by atoms with van der Waals surface area (Å²) in [6.45, 7) is 1.41. The average molecular weight is 237 g/mol. The van der Waals surface area contributed by atoms with Gasteiger partial charge in [-0.1, -0.05) is 17.7 Å². The zero-order valence-corrected chi connectivity index (χ0v) is 9.57. The summed E-state index contributed by atoms with van der Waals surface area (Å²) < 4.78 is 5.28. The van der Waals surface area contributed by atoms with E-state index in [-0.39, 0.29) is 12.0 Å². The Bertz CT molecular complexity index is 396. The maximum absolute atomic E-state index is 9.12. The maximum Gasteiger partial charge on any atom is 0.119 e. The van der Waals surface area contributed by atoms with Crippen molar-refractivity contribution >= 4 is 17.3 Å². The molecule has 4 heteroatoms. The first kappa shape index (κ1) is 11.3. The molecule has 0 saturated carbocycles. The lowest BCUT2D eigenvalue weighted by Gasteiger charge is -2.17. The molecule has 1 aliphatic heterocycles. The summed E-state index contributed by atoms with van der Waals surface area (Å²) in [5, 5.41) is 13.0. The molecule has 0 amide bonds. The fourth-order valence-electron chi connectivity index (χ4n) is 1.83. The maximum atomic E-state index is 9.12. The van der Waals surface area contributed by atoms with Crippen molar-refractivity contribution in [1.82, 2.24) is 0 Å². The van der Waals surface area contributed by atoms with Crippen LogP contribution in [0.5, 0.6) is 0 Å². The lowest BCUT2D eigenvalue weighted by molar-refractivity contribution is 0.185. The molecule has 2 rings (SSSR count). The summed E-state index contributed by atoms with van der Waals surface area (Å²) in [6.07, 6.45) is 0.936. The van der Waals surface area contributed by atoms with E-state index in [1.165, 1.54) is 0 Å². The number of hydrogen-bond donors (Lipinski definition) is 1. The Kier molecular flexibility index (Phi) is 3.66.